The molecule has 1 aliphatic rings. The van der Waals surface area contributed by atoms with Gasteiger partial charge in [-0.15, -0.1) is 0 Å². The van der Waals surface area contributed by atoms with Crippen molar-refractivity contribution >= 4 is 10.0 Å². The molecule has 1 rings (SSSR count). The summed E-state index contributed by atoms with van der Waals surface area (Å²) in [6.07, 6.45) is 2.08. The van der Waals surface area contributed by atoms with Crippen LogP contribution in [0.4, 0.5) is 13.2 Å². The highest BCUT2D eigenvalue weighted by molar-refractivity contribution is 7.90. The van der Waals surface area contributed by atoms with Gasteiger partial charge in [0.2, 0.25) is 0 Å². The summed E-state index contributed by atoms with van der Waals surface area (Å²) in [7, 11) is -5.22. The van der Waals surface area contributed by atoms with Crippen LogP contribution in [0, 0.1) is 0 Å². The van der Waals surface area contributed by atoms with Crippen LogP contribution in [0.5, 0.6) is 0 Å². The number of hydrogen-bond donors (Lipinski definition) is 2. The Labute approximate surface area is 104 Å². The topological polar surface area (TPSA) is 67.4 Å². The Morgan fingerprint density at radius 2 is 1.89 bits per heavy atom. The Balaban J connectivity index is 2.11. The number of halogens is 3. The highest BCUT2D eigenvalue weighted by Gasteiger charge is 2.45. The van der Waals surface area contributed by atoms with Gasteiger partial charge in [-0.1, -0.05) is 0 Å². The van der Waals surface area contributed by atoms with Crippen LogP contribution in [0.25, 0.3) is 0 Å². The Kier molecular flexibility index (Phi) is 5.83. The van der Waals surface area contributed by atoms with E-state index in [9.17, 15) is 21.6 Å². The minimum Gasteiger partial charge on any atom is -0.378 e. The van der Waals surface area contributed by atoms with Gasteiger partial charge in [0, 0.05) is 13.2 Å². The summed E-state index contributed by atoms with van der Waals surface area (Å²) in [6.45, 7) is 1.72. The van der Waals surface area contributed by atoms with E-state index < -0.39 is 15.5 Å². The molecule has 0 radical (unpaired) electrons. The van der Waals surface area contributed by atoms with Crippen molar-refractivity contribution in [3.63, 3.8) is 0 Å². The number of piperidine rings is 1. The van der Waals surface area contributed by atoms with Crippen molar-refractivity contribution in [3.05, 3.63) is 0 Å². The Hall–Kier alpha value is -0.380. The smallest absolute Gasteiger partial charge is 0.378 e. The fourth-order valence-electron chi connectivity index (χ4n) is 1.57. The third-order valence-electron chi connectivity index (χ3n) is 2.56. The van der Waals surface area contributed by atoms with Gasteiger partial charge < -0.3 is 10.1 Å². The zero-order valence-electron chi connectivity index (χ0n) is 9.79. The molecule has 108 valence electrons. The molecule has 0 saturated carbocycles. The maximum Gasteiger partial charge on any atom is 0.511 e. The molecule has 1 heterocycles. The minimum absolute atomic E-state index is 0.116. The Bertz CT molecular complexity index is 339. The van der Waals surface area contributed by atoms with Gasteiger partial charge in [-0.05, 0) is 32.4 Å². The summed E-state index contributed by atoms with van der Waals surface area (Å²) in [5.41, 5.74) is -5.25. The van der Waals surface area contributed by atoms with Gasteiger partial charge in [0.05, 0.1) is 6.10 Å². The van der Waals surface area contributed by atoms with E-state index in [-0.39, 0.29) is 25.7 Å². The van der Waals surface area contributed by atoms with Crippen molar-refractivity contribution in [2.24, 2.45) is 0 Å². The van der Waals surface area contributed by atoms with E-state index in [0.29, 0.717) is 0 Å². The van der Waals surface area contributed by atoms with E-state index in [0.717, 1.165) is 25.9 Å². The summed E-state index contributed by atoms with van der Waals surface area (Å²) in [6, 6.07) is 0. The second-order valence-corrected chi connectivity index (χ2v) is 5.78. The predicted octanol–water partition coefficient (Wildman–Crippen LogP) is 0.584. The first kappa shape index (κ1) is 15.7. The molecule has 1 fully saturated rings. The summed E-state index contributed by atoms with van der Waals surface area (Å²) < 4.78 is 64.0. The Morgan fingerprint density at radius 3 is 2.44 bits per heavy atom. The van der Waals surface area contributed by atoms with Crippen LogP contribution in [0.15, 0.2) is 0 Å². The number of sulfonamides is 1. The molecule has 0 amide bonds. The standard InChI is InChI=1S/C9H17F3N2O3S/c10-9(11,12)18(15,16)14-4-1-7-17-8-2-5-13-6-3-8/h8,13-14H,1-7H2. The van der Waals surface area contributed by atoms with Gasteiger partial charge in [0.1, 0.15) is 0 Å². The maximum absolute atomic E-state index is 11.9. The fraction of sp³-hybridized carbons (Fsp3) is 1.00. The van der Waals surface area contributed by atoms with Crippen molar-refractivity contribution in [2.75, 3.05) is 26.2 Å². The lowest BCUT2D eigenvalue weighted by atomic mass is 10.1. The number of hydrogen-bond acceptors (Lipinski definition) is 4. The largest absolute Gasteiger partial charge is 0.511 e. The third-order valence-corrected chi connectivity index (χ3v) is 3.75. The van der Waals surface area contributed by atoms with E-state index in [1.807, 2.05) is 0 Å². The van der Waals surface area contributed by atoms with Crippen molar-refractivity contribution in [1.82, 2.24) is 10.0 Å². The molecule has 0 aliphatic carbocycles. The molecule has 9 heteroatoms. The quantitative estimate of drug-likeness (QED) is 0.702. The molecule has 18 heavy (non-hydrogen) atoms. The first-order valence-electron chi connectivity index (χ1n) is 5.71. The molecule has 0 aromatic rings. The predicted molar refractivity (Wildman–Crippen MR) is 59.4 cm³/mol. The number of ether oxygens (including phenoxy) is 1. The highest BCUT2D eigenvalue weighted by atomic mass is 32.2. The molecule has 0 unspecified atom stereocenters. The molecule has 0 bridgehead atoms. The van der Waals surface area contributed by atoms with Gasteiger partial charge >= 0.3 is 15.5 Å². The molecule has 5 nitrogen and oxygen atoms in total. The van der Waals surface area contributed by atoms with Crippen molar-refractivity contribution in [2.45, 2.75) is 30.9 Å². The van der Waals surface area contributed by atoms with Crippen molar-refractivity contribution in [3.8, 4) is 0 Å². The highest BCUT2D eigenvalue weighted by Crippen LogP contribution is 2.21. The number of nitrogens with one attached hydrogen (secondary N) is 2. The SMILES string of the molecule is O=S(=O)(NCCCOC1CCNCC1)C(F)(F)F. The number of alkyl halides is 3. The zero-order valence-corrected chi connectivity index (χ0v) is 10.6. The van der Waals surface area contributed by atoms with Crippen LogP contribution in [-0.2, 0) is 14.8 Å². The first-order valence-corrected chi connectivity index (χ1v) is 7.19. The van der Waals surface area contributed by atoms with Crippen molar-refractivity contribution < 1.29 is 26.3 Å². The summed E-state index contributed by atoms with van der Waals surface area (Å²) in [4.78, 5) is 0. The Morgan fingerprint density at radius 1 is 1.28 bits per heavy atom. The molecule has 1 aliphatic heterocycles. The molecular formula is C9H17F3N2O3S. The lowest BCUT2D eigenvalue weighted by Crippen LogP contribution is -2.37. The van der Waals surface area contributed by atoms with Gasteiger partial charge in [0.15, 0.2) is 0 Å². The van der Waals surface area contributed by atoms with Crippen LogP contribution in [0.2, 0.25) is 0 Å². The molecule has 0 aromatic carbocycles. The van der Waals surface area contributed by atoms with Crippen LogP contribution in [0.1, 0.15) is 19.3 Å². The third kappa shape index (κ3) is 5.09. The number of rotatable bonds is 6. The molecular weight excluding hydrogens is 273 g/mol. The van der Waals surface area contributed by atoms with Gasteiger partial charge in [0.25, 0.3) is 0 Å². The molecule has 0 spiro atoms. The van der Waals surface area contributed by atoms with E-state index in [1.54, 1.807) is 0 Å². The van der Waals surface area contributed by atoms with Crippen LogP contribution in [-0.4, -0.2) is 46.3 Å². The minimum atomic E-state index is -5.25. The normalized spacial score (nSPS) is 19.1. The van der Waals surface area contributed by atoms with E-state index >= 15 is 0 Å². The second kappa shape index (κ2) is 6.69. The molecule has 2 N–H and O–H groups in total. The fourth-order valence-corrected chi connectivity index (χ4v) is 2.15. The summed E-state index contributed by atoms with van der Waals surface area (Å²) >= 11 is 0. The molecule has 0 aromatic heterocycles. The molecule has 0 atom stereocenters. The first-order chi connectivity index (χ1) is 8.33. The lowest BCUT2D eigenvalue weighted by Gasteiger charge is -2.22. The summed E-state index contributed by atoms with van der Waals surface area (Å²) in [5, 5.41) is 3.16. The monoisotopic (exact) mass is 290 g/mol. The zero-order chi connectivity index (χ0) is 13.6. The summed E-state index contributed by atoms with van der Waals surface area (Å²) in [5.74, 6) is 0. The average molecular weight is 290 g/mol. The van der Waals surface area contributed by atoms with E-state index in [1.165, 1.54) is 4.72 Å². The van der Waals surface area contributed by atoms with Crippen LogP contribution in [0.3, 0.4) is 0 Å². The second-order valence-electron chi connectivity index (χ2n) is 4.02. The maximum atomic E-state index is 11.9. The van der Waals surface area contributed by atoms with Crippen molar-refractivity contribution in [1.29, 1.82) is 0 Å². The van der Waals surface area contributed by atoms with E-state index in [2.05, 4.69) is 5.32 Å². The van der Waals surface area contributed by atoms with Gasteiger partial charge in [-0.25, -0.2) is 13.1 Å². The van der Waals surface area contributed by atoms with Gasteiger partial charge in [-0.2, -0.15) is 13.2 Å². The van der Waals surface area contributed by atoms with Gasteiger partial charge in [-0.3, -0.25) is 0 Å². The molecule has 1 saturated heterocycles. The van der Waals surface area contributed by atoms with E-state index in [4.69, 9.17) is 4.74 Å². The average Bonchev–Trinajstić information content (AvgIpc) is 2.28. The lowest BCUT2D eigenvalue weighted by molar-refractivity contribution is -0.0448. The van der Waals surface area contributed by atoms with Crippen LogP contribution >= 0.6 is 0 Å². The van der Waals surface area contributed by atoms with Crippen LogP contribution < -0.4 is 10.0 Å².